The molecule has 0 amide bonds. The van der Waals surface area contributed by atoms with Gasteiger partial charge in [0.05, 0.1) is 16.8 Å². The number of anilines is 6. The van der Waals surface area contributed by atoms with Gasteiger partial charge in [-0.15, -0.1) is 0 Å². The number of para-hydroxylation sites is 4. The molecule has 1 heterocycles. The highest BCUT2D eigenvalue weighted by Gasteiger charge is 2.23. The van der Waals surface area contributed by atoms with Crippen LogP contribution in [0.25, 0.3) is 21.9 Å². The van der Waals surface area contributed by atoms with Crippen molar-refractivity contribution in [3.8, 4) is 0 Å². The molecule has 40 heavy (non-hydrogen) atoms. The molecule has 3 nitrogen and oxygen atoms in total. The standard InChI is InChI=1S/C36H25BrN2O/c37-26-13-12-20-30(23-26)38(27-14-4-1-5-15-27)31-24-33(36-32-21-10-11-22-34(32)40-35(36)25-31)39(28-16-6-2-7-17-28)29-18-8-3-9-19-29/h1-25H. The van der Waals surface area contributed by atoms with Gasteiger partial charge in [0.15, 0.2) is 0 Å². The van der Waals surface area contributed by atoms with Crippen LogP contribution in [0.15, 0.2) is 161 Å². The van der Waals surface area contributed by atoms with E-state index in [2.05, 4.69) is 153 Å². The second-order valence-corrected chi connectivity index (χ2v) is 10.5. The number of hydrogen-bond donors (Lipinski definition) is 0. The van der Waals surface area contributed by atoms with E-state index in [1.54, 1.807) is 0 Å². The Labute approximate surface area is 241 Å². The fourth-order valence-electron chi connectivity index (χ4n) is 5.34. The van der Waals surface area contributed by atoms with E-state index in [-0.39, 0.29) is 0 Å². The highest BCUT2D eigenvalue weighted by Crippen LogP contribution is 2.47. The van der Waals surface area contributed by atoms with Crippen LogP contribution < -0.4 is 9.80 Å². The topological polar surface area (TPSA) is 19.6 Å². The molecule has 0 aliphatic heterocycles. The van der Waals surface area contributed by atoms with Crippen molar-refractivity contribution >= 4 is 72.0 Å². The summed E-state index contributed by atoms with van der Waals surface area (Å²) in [5.41, 5.74) is 8.01. The van der Waals surface area contributed by atoms with Crippen LogP contribution in [0.3, 0.4) is 0 Å². The van der Waals surface area contributed by atoms with Crippen molar-refractivity contribution in [3.63, 3.8) is 0 Å². The lowest BCUT2D eigenvalue weighted by molar-refractivity contribution is 0.669. The zero-order valence-corrected chi connectivity index (χ0v) is 23.2. The smallest absolute Gasteiger partial charge is 0.139 e. The van der Waals surface area contributed by atoms with E-state index in [1.165, 1.54) is 0 Å². The quantitative estimate of drug-likeness (QED) is 0.195. The Hall–Kier alpha value is -4.80. The van der Waals surface area contributed by atoms with Gasteiger partial charge in [-0.05, 0) is 66.7 Å². The number of furan rings is 1. The molecule has 0 radical (unpaired) electrons. The van der Waals surface area contributed by atoms with Gasteiger partial charge >= 0.3 is 0 Å². The average molecular weight is 582 g/mol. The summed E-state index contributed by atoms with van der Waals surface area (Å²) in [6, 6.07) is 52.6. The predicted octanol–water partition coefficient (Wildman–Crippen LogP) is 11.3. The molecule has 0 fully saturated rings. The molecule has 0 N–H and O–H groups in total. The van der Waals surface area contributed by atoms with Gasteiger partial charge in [-0.3, -0.25) is 0 Å². The van der Waals surface area contributed by atoms with Gasteiger partial charge in [0.2, 0.25) is 0 Å². The van der Waals surface area contributed by atoms with Crippen molar-refractivity contribution in [1.82, 2.24) is 0 Å². The van der Waals surface area contributed by atoms with Gasteiger partial charge in [0, 0.05) is 38.7 Å². The maximum absolute atomic E-state index is 6.54. The molecule has 192 valence electrons. The van der Waals surface area contributed by atoms with Crippen LogP contribution >= 0.6 is 15.9 Å². The molecule has 0 saturated carbocycles. The van der Waals surface area contributed by atoms with Crippen LogP contribution in [-0.4, -0.2) is 0 Å². The molecular formula is C36H25BrN2O. The second-order valence-electron chi connectivity index (χ2n) is 9.59. The van der Waals surface area contributed by atoms with Gasteiger partial charge in [0.25, 0.3) is 0 Å². The molecule has 0 bridgehead atoms. The molecule has 7 rings (SSSR count). The Morgan fingerprint density at radius 2 is 0.975 bits per heavy atom. The fraction of sp³-hybridized carbons (Fsp3) is 0. The van der Waals surface area contributed by atoms with E-state index in [4.69, 9.17) is 4.42 Å². The number of fused-ring (bicyclic) bond motifs is 3. The first kappa shape index (κ1) is 24.3. The molecule has 1 aromatic heterocycles. The summed E-state index contributed by atoms with van der Waals surface area (Å²) < 4.78 is 7.56. The minimum Gasteiger partial charge on any atom is -0.456 e. The van der Waals surface area contributed by atoms with Crippen molar-refractivity contribution in [3.05, 3.63) is 156 Å². The SMILES string of the molecule is Brc1cccc(N(c2ccccc2)c2cc(N(c3ccccc3)c3ccccc3)c3c(c2)oc2ccccc23)c1. The molecule has 0 saturated heterocycles. The minimum atomic E-state index is 0.835. The highest BCUT2D eigenvalue weighted by atomic mass is 79.9. The molecule has 0 aliphatic carbocycles. The van der Waals surface area contributed by atoms with Gasteiger partial charge in [0.1, 0.15) is 11.2 Å². The molecule has 4 heteroatoms. The molecular weight excluding hydrogens is 556 g/mol. The molecule has 0 aliphatic rings. The third kappa shape index (κ3) is 4.42. The Morgan fingerprint density at radius 1 is 0.425 bits per heavy atom. The lowest BCUT2D eigenvalue weighted by atomic mass is 10.1. The normalized spacial score (nSPS) is 11.1. The van der Waals surface area contributed by atoms with Crippen LogP contribution in [0.1, 0.15) is 0 Å². The van der Waals surface area contributed by atoms with Crippen molar-refractivity contribution in [2.24, 2.45) is 0 Å². The average Bonchev–Trinajstić information content (AvgIpc) is 3.38. The lowest BCUT2D eigenvalue weighted by Crippen LogP contribution is -2.13. The van der Waals surface area contributed by atoms with E-state index >= 15 is 0 Å². The van der Waals surface area contributed by atoms with Crippen LogP contribution in [0.4, 0.5) is 34.1 Å². The summed E-state index contributed by atoms with van der Waals surface area (Å²) in [6.45, 7) is 0. The number of hydrogen-bond acceptors (Lipinski definition) is 3. The zero-order chi connectivity index (χ0) is 26.9. The monoisotopic (exact) mass is 580 g/mol. The van der Waals surface area contributed by atoms with Gasteiger partial charge < -0.3 is 14.2 Å². The summed E-state index contributed by atoms with van der Waals surface area (Å²) in [7, 11) is 0. The van der Waals surface area contributed by atoms with Crippen molar-refractivity contribution < 1.29 is 4.42 Å². The van der Waals surface area contributed by atoms with Crippen molar-refractivity contribution in [2.45, 2.75) is 0 Å². The van der Waals surface area contributed by atoms with E-state index in [0.29, 0.717) is 0 Å². The molecule has 0 unspecified atom stereocenters. The van der Waals surface area contributed by atoms with Crippen LogP contribution in [0.5, 0.6) is 0 Å². The minimum absolute atomic E-state index is 0.835. The van der Waals surface area contributed by atoms with Crippen LogP contribution in [0, 0.1) is 0 Å². The summed E-state index contributed by atoms with van der Waals surface area (Å²) in [5, 5.41) is 2.17. The van der Waals surface area contributed by atoms with Crippen molar-refractivity contribution in [1.29, 1.82) is 0 Å². The first-order chi connectivity index (χ1) is 19.8. The fourth-order valence-corrected chi connectivity index (χ4v) is 5.73. The number of halogens is 1. The number of benzene rings is 6. The number of nitrogens with zero attached hydrogens (tertiary/aromatic N) is 2. The first-order valence-corrected chi connectivity index (χ1v) is 14.0. The summed E-state index contributed by atoms with van der Waals surface area (Å²) in [4.78, 5) is 4.59. The summed E-state index contributed by atoms with van der Waals surface area (Å²) >= 11 is 3.68. The van der Waals surface area contributed by atoms with Crippen LogP contribution in [0.2, 0.25) is 0 Å². The Morgan fingerprint density at radius 3 is 1.60 bits per heavy atom. The second kappa shape index (κ2) is 10.4. The van der Waals surface area contributed by atoms with E-state index in [1.807, 2.05) is 24.3 Å². The zero-order valence-electron chi connectivity index (χ0n) is 21.6. The van der Waals surface area contributed by atoms with Crippen LogP contribution in [-0.2, 0) is 0 Å². The van der Waals surface area contributed by atoms with Gasteiger partial charge in [-0.1, -0.05) is 94.8 Å². The molecule has 7 aromatic rings. The van der Waals surface area contributed by atoms with Crippen molar-refractivity contribution in [2.75, 3.05) is 9.80 Å². The van der Waals surface area contributed by atoms with Gasteiger partial charge in [-0.2, -0.15) is 0 Å². The molecule has 0 atom stereocenters. The highest BCUT2D eigenvalue weighted by molar-refractivity contribution is 9.10. The molecule has 0 spiro atoms. The largest absolute Gasteiger partial charge is 0.456 e. The third-order valence-corrected chi connectivity index (χ3v) is 7.54. The van der Waals surface area contributed by atoms with E-state index in [9.17, 15) is 0 Å². The number of rotatable bonds is 6. The van der Waals surface area contributed by atoms with E-state index in [0.717, 1.165) is 60.5 Å². The Balaban J connectivity index is 1.57. The first-order valence-electron chi connectivity index (χ1n) is 13.2. The maximum Gasteiger partial charge on any atom is 0.139 e. The summed E-state index contributed by atoms with van der Waals surface area (Å²) in [6.07, 6.45) is 0. The Bertz CT molecular complexity index is 1880. The van der Waals surface area contributed by atoms with Gasteiger partial charge in [-0.25, -0.2) is 0 Å². The van der Waals surface area contributed by atoms with E-state index < -0.39 is 0 Å². The third-order valence-electron chi connectivity index (χ3n) is 7.05. The lowest BCUT2D eigenvalue weighted by Gasteiger charge is -2.30. The maximum atomic E-state index is 6.54. The predicted molar refractivity (Wildman–Crippen MR) is 171 cm³/mol. The summed E-state index contributed by atoms with van der Waals surface area (Å²) in [5.74, 6) is 0. The molecule has 6 aromatic carbocycles. The Kier molecular flexibility index (Phi) is 6.31.